The Morgan fingerprint density at radius 1 is 1.50 bits per heavy atom. The highest BCUT2D eigenvalue weighted by Gasteiger charge is 2.11. The van der Waals surface area contributed by atoms with Gasteiger partial charge in [0.05, 0.1) is 6.04 Å². The highest BCUT2D eigenvalue weighted by Crippen LogP contribution is 2.17. The van der Waals surface area contributed by atoms with Gasteiger partial charge in [0.2, 0.25) is 0 Å². The maximum Gasteiger partial charge on any atom is 0.123 e. The molecule has 1 aromatic heterocycles. The van der Waals surface area contributed by atoms with Gasteiger partial charge >= 0.3 is 0 Å². The lowest BCUT2D eigenvalue weighted by Gasteiger charge is -2.11. The Bertz CT molecular complexity index is 465. The van der Waals surface area contributed by atoms with Crippen molar-refractivity contribution < 1.29 is 4.39 Å². The van der Waals surface area contributed by atoms with E-state index in [1.165, 1.54) is 12.1 Å². The molecule has 0 fully saturated rings. The van der Waals surface area contributed by atoms with Gasteiger partial charge in [0.25, 0.3) is 0 Å². The highest BCUT2D eigenvalue weighted by atomic mass is 19.1. The SMILES string of the molecule is Cc1ccc(F)cc1CC(N)c1ncc[nH]1. The lowest BCUT2D eigenvalue weighted by atomic mass is 10.0. The number of hydrogen-bond donors (Lipinski definition) is 2. The molecule has 0 saturated carbocycles. The third-order valence-corrected chi connectivity index (χ3v) is 2.62. The molecule has 0 radical (unpaired) electrons. The van der Waals surface area contributed by atoms with E-state index < -0.39 is 0 Å². The molecule has 0 saturated heterocycles. The predicted molar refractivity (Wildman–Crippen MR) is 60.4 cm³/mol. The van der Waals surface area contributed by atoms with Crippen molar-refractivity contribution in [3.8, 4) is 0 Å². The molecule has 3 N–H and O–H groups in total. The molecule has 0 amide bonds. The minimum Gasteiger partial charge on any atom is -0.347 e. The van der Waals surface area contributed by atoms with E-state index in [1.807, 2.05) is 6.92 Å². The summed E-state index contributed by atoms with van der Waals surface area (Å²) < 4.78 is 13.1. The first kappa shape index (κ1) is 10.8. The molecule has 0 aliphatic heterocycles. The average molecular weight is 219 g/mol. The van der Waals surface area contributed by atoms with Crippen LogP contribution in [0.3, 0.4) is 0 Å². The normalized spacial score (nSPS) is 12.7. The zero-order valence-electron chi connectivity index (χ0n) is 9.07. The predicted octanol–water partition coefficient (Wildman–Crippen LogP) is 2.10. The second-order valence-electron chi connectivity index (χ2n) is 3.86. The highest BCUT2D eigenvalue weighted by molar-refractivity contribution is 5.27. The smallest absolute Gasteiger partial charge is 0.123 e. The molecular formula is C12H14FN3. The van der Waals surface area contributed by atoms with E-state index in [0.717, 1.165) is 17.0 Å². The fourth-order valence-electron chi connectivity index (χ4n) is 1.67. The number of imidazole rings is 1. The molecule has 2 aromatic rings. The number of aryl methyl sites for hydroxylation is 1. The minimum absolute atomic E-state index is 0.226. The van der Waals surface area contributed by atoms with Gasteiger partial charge in [-0.15, -0.1) is 0 Å². The molecule has 0 aliphatic carbocycles. The maximum absolute atomic E-state index is 13.1. The molecule has 0 bridgehead atoms. The molecule has 2 rings (SSSR count). The van der Waals surface area contributed by atoms with E-state index in [-0.39, 0.29) is 11.9 Å². The van der Waals surface area contributed by atoms with Crippen molar-refractivity contribution in [3.63, 3.8) is 0 Å². The molecule has 16 heavy (non-hydrogen) atoms. The van der Waals surface area contributed by atoms with Crippen molar-refractivity contribution in [1.29, 1.82) is 0 Å². The second kappa shape index (κ2) is 4.45. The second-order valence-corrected chi connectivity index (χ2v) is 3.86. The van der Waals surface area contributed by atoms with E-state index in [9.17, 15) is 4.39 Å². The van der Waals surface area contributed by atoms with Gasteiger partial charge in [0.1, 0.15) is 11.6 Å². The topological polar surface area (TPSA) is 54.7 Å². The molecule has 0 aliphatic rings. The van der Waals surface area contributed by atoms with Crippen LogP contribution < -0.4 is 5.73 Å². The standard InChI is InChI=1S/C12H14FN3/c1-8-2-3-10(13)6-9(8)7-11(14)12-15-4-5-16-12/h2-6,11H,7,14H2,1H3,(H,15,16). The van der Waals surface area contributed by atoms with Gasteiger partial charge in [-0.05, 0) is 36.6 Å². The van der Waals surface area contributed by atoms with Gasteiger partial charge in [0.15, 0.2) is 0 Å². The van der Waals surface area contributed by atoms with Gasteiger partial charge in [-0.25, -0.2) is 9.37 Å². The minimum atomic E-state index is -0.229. The number of aromatic nitrogens is 2. The molecule has 84 valence electrons. The quantitative estimate of drug-likeness (QED) is 0.830. The molecule has 1 atom stereocenters. The van der Waals surface area contributed by atoms with E-state index in [1.54, 1.807) is 18.5 Å². The van der Waals surface area contributed by atoms with Crippen LogP contribution in [0.1, 0.15) is 23.0 Å². The Balaban J connectivity index is 2.17. The number of hydrogen-bond acceptors (Lipinski definition) is 2. The Labute approximate surface area is 93.5 Å². The Kier molecular flexibility index (Phi) is 3.01. The zero-order valence-corrected chi connectivity index (χ0v) is 9.07. The molecule has 1 unspecified atom stereocenters. The van der Waals surface area contributed by atoms with Crippen LogP contribution in [0.2, 0.25) is 0 Å². The number of aromatic amines is 1. The number of benzene rings is 1. The van der Waals surface area contributed by atoms with E-state index in [4.69, 9.17) is 5.73 Å². The summed E-state index contributed by atoms with van der Waals surface area (Å²) in [6, 6.07) is 4.52. The van der Waals surface area contributed by atoms with E-state index in [2.05, 4.69) is 9.97 Å². The van der Waals surface area contributed by atoms with Crippen LogP contribution in [0.4, 0.5) is 4.39 Å². The monoisotopic (exact) mass is 219 g/mol. The fraction of sp³-hybridized carbons (Fsp3) is 0.250. The number of nitrogens with two attached hydrogens (primary N) is 1. The summed E-state index contributed by atoms with van der Waals surface area (Å²) in [5.74, 6) is 0.496. The number of halogens is 1. The lowest BCUT2D eigenvalue weighted by Crippen LogP contribution is -2.15. The Hall–Kier alpha value is -1.68. The number of nitrogens with zero attached hydrogens (tertiary/aromatic N) is 1. The van der Waals surface area contributed by atoms with Crippen LogP contribution in [0, 0.1) is 12.7 Å². The Morgan fingerprint density at radius 2 is 2.31 bits per heavy atom. The van der Waals surface area contributed by atoms with Crippen molar-refractivity contribution in [3.05, 3.63) is 53.4 Å². The van der Waals surface area contributed by atoms with Gasteiger partial charge < -0.3 is 10.7 Å². The summed E-state index contributed by atoms with van der Waals surface area (Å²) in [4.78, 5) is 7.05. The van der Waals surface area contributed by atoms with Crippen LogP contribution in [0.5, 0.6) is 0 Å². The molecule has 0 spiro atoms. The Morgan fingerprint density at radius 3 is 3.00 bits per heavy atom. The van der Waals surface area contributed by atoms with E-state index >= 15 is 0 Å². The fourth-order valence-corrected chi connectivity index (χ4v) is 1.67. The van der Waals surface area contributed by atoms with Crippen LogP contribution in [-0.2, 0) is 6.42 Å². The summed E-state index contributed by atoms with van der Waals surface area (Å²) in [5, 5.41) is 0. The molecular weight excluding hydrogens is 205 g/mol. The van der Waals surface area contributed by atoms with Gasteiger partial charge in [-0.2, -0.15) is 0 Å². The van der Waals surface area contributed by atoms with Crippen LogP contribution in [-0.4, -0.2) is 9.97 Å². The molecule has 4 heteroatoms. The first-order valence-corrected chi connectivity index (χ1v) is 5.16. The zero-order chi connectivity index (χ0) is 11.5. The maximum atomic E-state index is 13.1. The third-order valence-electron chi connectivity index (χ3n) is 2.62. The first-order chi connectivity index (χ1) is 7.66. The summed E-state index contributed by atoms with van der Waals surface area (Å²) in [6.07, 6.45) is 3.97. The largest absolute Gasteiger partial charge is 0.347 e. The third kappa shape index (κ3) is 2.28. The van der Waals surface area contributed by atoms with Crippen LogP contribution in [0.15, 0.2) is 30.6 Å². The van der Waals surface area contributed by atoms with Gasteiger partial charge in [0, 0.05) is 12.4 Å². The van der Waals surface area contributed by atoms with Crippen molar-refractivity contribution >= 4 is 0 Å². The number of H-pyrrole nitrogens is 1. The van der Waals surface area contributed by atoms with Crippen molar-refractivity contribution in [1.82, 2.24) is 9.97 Å². The first-order valence-electron chi connectivity index (χ1n) is 5.16. The van der Waals surface area contributed by atoms with E-state index in [0.29, 0.717) is 6.42 Å². The number of rotatable bonds is 3. The van der Waals surface area contributed by atoms with Crippen molar-refractivity contribution in [2.75, 3.05) is 0 Å². The summed E-state index contributed by atoms with van der Waals surface area (Å²) >= 11 is 0. The molecule has 1 aromatic carbocycles. The molecule has 1 heterocycles. The van der Waals surface area contributed by atoms with Crippen molar-refractivity contribution in [2.45, 2.75) is 19.4 Å². The van der Waals surface area contributed by atoms with Crippen LogP contribution in [0.25, 0.3) is 0 Å². The summed E-state index contributed by atoms with van der Waals surface area (Å²) in [5.41, 5.74) is 7.94. The number of nitrogens with one attached hydrogen (secondary N) is 1. The average Bonchev–Trinajstić information content (AvgIpc) is 2.76. The van der Waals surface area contributed by atoms with Crippen molar-refractivity contribution in [2.24, 2.45) is 5.73 Å². The lowest BCUT2D eigenvalue weighted by molar-refractivity contribution is 0.618. The molecule has 3 nitrogen and oxygen atoms in total. The van der Waals surface area contributed by atoms with Crippen LogP contribution >= 0.6 is 0 Å². The summed E-state index contributed by atoms with van der Waals surface area (Å²) in [6.45, 7) is 1.95. The van der Waals surface area contributed by atoms with Gasteiger partial charge in [-0.3, -0.25) is 0 Å². The van der Waals surface area contributed by atoms with Gasteiger partial charge in [-0.1, -0.05) is 6.07 Å². The summed E-state index contributed by atoms with van der Waals surface area (Å²) in [7, 11) is 0.